The first-order valence-electron chi connectivity index (χ1n) is 6.43. The number of nitrogens with one attached hydrogen (secondary N) is 2. The minimum absolute atomic E-state index is 0.158. The minimum Gasteiger partial charge on any atom is -0.452 e. The number of anilines is 1. The van der Waals surface area contributed by atoms with Gasteiger partial charge in [-0.1, -0.05) is 18.2 Å². The van der Waals surface area contributed by atoms with Crippen molar-refractivity contribution in [2.45, 2.75) is 6.92 Å². The Balaban J connectivity index is 2.09. The molecule has 0 saturated carbocycles. The lowest BCUT2D eigenvalue weighted by molar-refractivity contribution is 0.103. The van der Waals surface area contributed by atoms with Gasteiger partial charge in [0.05, 0.1) is 17.7 Å². The van der Waals surface area contributed by atoms with Crippen molar-refractivity contribution in [3.05, 3.63) is 52.2 Å². The summed E-state index contributed by atoms with van der Waals surface area (Å²) in [6.07, 6.45) is -0.637. The lowest BCUT2D eigenvalue weighted by Gasteiger charge is -2.07. The predicted octanol–water partition coefficient (Wildman–Crippen LogP) is 3.08. The molecule has 22 heavy (non-hydrogen) atoms. The van der Waals surface area contributed by atoms with Gasteiger partial charge >= 0.3 is 6.09 Å². The average molecular weight is 317 g/mol. The van der Waals surface area contributed by atoms with E-state index in [1.54, 1.807) is 31.2 Å². The molecule has 0 aliphatic heterocycles. The Morgan fingerprint density at radius 2 is 2.05 bits per heavy atom. The largest absolute Gasteiger partial charge is 0.452 e. The summed E-state index contributed by atoms with van der Waals surface area (Å²) in [5, 5.41) is 8.58. The molecule has 0 fully saturated rings. The second-order valence-electron chi connectivity index (χ2n) is 4.31. The fraction of sp³-hybridized carbons (Fsp3) is 0.133. The Morgan fingerprint density at radius 3 is 2.73 bits per heavy atom. The van der Waals surface area contributed by atoms with E-state index in [1.165, 1.54) is 18.4 Å². The van der Waals surface area contributed by atoms with E-state index in [0.717, 1.165) is 5.56 Å². The molecular weight excluding hydrogens is 302 g/mol. The molecule has 0 bridgehead atoms. The number of benzene rings is 1. The van der Waals surface area contributed by atoms with Gasteiger partial charge in [-0.05, 0) is 36.1 Å². The molecule has 0 atom stereocenters. The number of hydrogen-bond donors (Lipinski definition) is 2. The number of ether oxygens (including phenoxy) is 1. The molecule has 6 nitrogen and oxygen atoms in total. The summed E-state index contributed by atoms with van der Waals surface area (Å²) in [7, 11) is 1.26. The van der Waals surface area contributed by atoms with E-state index in [9.17, 15) is 9.59 Å². The number of amides is 2. The highest BCUT2D eigenvalue weighted by Gasteiger charge is 2.08. The van der Waals surface area contributed by atoms with Crippen LogP contribution >= 0.6 is 11.3 Å². The van der Waals surface area contributed by atoms with E-state index in [2.05, 4.69) is 20.6 Å². The lowest BCUT2D eigenvalue weighted by atomic mass is 10.1. The summed E-state index contributed by atoms with van der Waals surface area (Å²) in [5.74, 6) is -0.158. The van der Waals surface area contributed by atoms with E-state index in [4.69, 9.17) is 0 Å². The molecule has 0 unspecified atom stereocenters. The summed E-state index contributed by atoms with van der Waals surface area (Å²) in [6.45, 7) is 1.75. The maximum absolute atomic E-state index is 12.0. The van der Waals surface area contributed by atoms with Gasteiger partial charge in [-0.25, -0.2) is 10.2 Å². The topological polar surface area (TPSA) is 79.8 Å². The van der Waals surface area contributed by atoms with Crippen LogP contribution in [0.3, 0.4) is 0 Å². The molecule has 2 amide bonds. The highest BCUT2D eigenvalue weighted by atomic mass is 32.1. The van der Waals surface area contributed by atoms with Crippen molar-refractivity contribution < 1.29 is 14.3 Å². The zero-order valence-electron chi connectivity index (χ0n) is 12.1. The normalized spacial score (nSPS) is 10.9. The maximum Gasteiger partial charge on any atom is 0.427 e. The number of carbonyl (C=O) groups excluding carboxylic acids is 2. The Bertz CT molecular complexity index is 696. The fourth-order valence-electron chi connectivity index (χ4n) is 1.66. The van der Waals surface area contributed by atoms with Crippen LogP contribution in [0.15, 0.2) is 46.9 Å². The van der Waals surface area contributed by atoms with E-state index in [1.807, 2.05) is 17.5 Å². The van der Waals surface area contributed by atoms with Gasteiger partial charge in [-0.3, -0.25) is 4.79 Å². The van der Waals surface area contributed by atoms with Crippen LogP contribution in [0, 0.1) is 0 Å². The molecule has 2 N–H and O–H groups in total. The minimum atomic E-state index is -0.637. The lowest BCUT2D eigenvalue weighted by Crippen LogP contribution is -2.18. The second-order valence-corrected chi connectivity index (χ2v) is 5.26. The standard InChI is InChI=1S/C15H15N3O3S/c1-10(17-18-15(20)21-2)11-5-3-6-12(9-11)16-14(19)13-7-4-8-22-13/h3-9H,1-2H3,(H,16,19)(H,18,20)/b17-10+. The highest BCUT2D eigenvalue weighted by molar-refractivity contribution is 7.12. The third kappa shape index (κ3) is 4.16. The number of nitrogens with zero attached hydrogens (tertiary/aromatic N) is 1. The molecule has 1 heterocycles. The second kappa shape index (κ2) is 7.37. The first-order chi connectivity index (χ1) is 10.6. The number of hydrazone groups is 1. The molecule has 0 radical (unpaired) electrons. The average Bonchev–Trinajstić information content (AvgIpc) is 3.07. The molecular formula is C15H15N3O3S. The van der Waals surface area contributed by atoms with Crippen LogP contribution in [0.1, 0.15) is 22.2 Å². The Labute approximate surface area is 131 Å². The maximum atomic E-state index is 12.0. The van der Waals surface area contributed by atoms with Crippen molar-refractivity contribution in [3.8, 4) is 0 Å². The summed E-state index contributed by atoms with van der Waals surface area (Å²) >= 11 is 1.38. The third-order valence-corrected chi connectivity index (χ3v) is 3.65. The van der Waals surface area contributed by atoms with Gasteiger partial charge in [0.1, 0.15) is 0 Å². The van der Waals surface area contributed by atoms with E-state index in [0.29, 0.717) is 16.3 Å². The number of rotatable bonds is 4. The van der Waals surface area contributed by atoms with Crippen molar-refractivity contribution in [1.29, 1.82) is 0 Å². The van der Waals surface area contributed by atoms with Crippen molar-refractivity contribution in [2.75, 3.05) is 12.4 Å². The van der Waals surface area contributed by atoms with E-state index >= 15 is 0 Å². The molecule has 0 aliphatic rings. The zero-order valence-corrected chi connectivity index (χ0v) is 12.9. The fourth-order valence-corrected chi connectivity index (χ4v) is 2.28. The molecule has 0 spiro atoms. The van der Waals surface area contributed by atoms with Crippen LogP contribution in [-0.4, -0.2) is 24.8 Å². The molecule has 1 aromatic heterocycles. The van der Waals surface area contributed by atoms with Gasteiger partial charge in [0.2, 0.25) is 0 Å². The Hall–Kier alpha value is -2.67. The van der Waals surface area contributed by atoms with Crippen LogP contribution in [0.4, 0.5) is 10.5 Å². The summed E-state index contributed by atoms with van der Waals surface area (Å²) < 4.78 is 4.44. The van der Waals surface area contributed by atoms with Gasteiger partial charge in [0.25, 0.3) is 5.91 Å². The highest BCUT2D eigenvalue weighted by Crippen LogP contribution is 2.15. The van der Waals surface area contributed by atoms with Crippen LogP contribution in [0.2, 0.25) is 0 Å². The summed E-state index contributed by atoms with van der Waals surface area (Å²) in [6, 6.07) is 10.8. The first-order valence-corrected chi connectivity index (χ1v) is 7.31. The SMILES string of the molecule is COC(=O)N/N=C(\C)c1cccc(NC(=O)c2cccs2)c1. The smallest absolute Gasteiger partial charge is 0.427 e. The van der Waals surface area contributed by atoms with Crippen LogP contribution in [0.5, 0.6) is 0 Å². The third-order valence-electron chi connectivity index (χ3n) is 2.78. The molecule has 1 aromatic carbocycles. The number of thiophene rings is 1. The predicted molar refractivity (Wildman–Crippen MR) is 86.5 cm³/mol. The summed E-state index contributed by atoms with van der Waals surface area (Å²) in [4.78, 5) is 23.6. The molecule has 114 valence electrons. The van der Waals surface area contributed by atoms with Crippen LogP contribution in [-0.2, 0) is 4.74 Å². The van der Waals surface area contributed by atoms with Crippen molar-refractivity contribution in [2.24, 2.45) is 5.10 Å². The monoisotopic (exact) mass is 317 g/mol. The number of methoxy groups -OCH3 is 1. The van der Waals surface area contributed by atoms with Gasteiger partial charge in [0, 0.05) is 5.69 Å². The van der Waals surface area contributed by atoms with Gasteiger partial charge in [-0.15, -0.1) is 11.3 Å². The van der Waals surface area contributed by atoms with Crippen molar-refractivity contribution >= 4 is 34.7 Å². The Kier molecular flexibility index (Phi) is 5.26. The molecule has 2 aromatic rings. The molecule has 0 aliphatic carbocycles. The molecule has 2 rings (SSSR count). The Morgan fingerprint density at radius 1 is 1.23 bits per heavy atom. The first kappa shape index (κ1) is 15.7. The van der Waals surface area contributed by atoms with Gasteiger partial charge in [0.15, 0.2) is 0 Å². The van der Waals surface area contributed by atoms with Gasteiger partial charge in [-0.2, -0.15) is 5.10 Å². The molecule has 0 saturated heterocycles. The van der Waals surface area contributed by atoms with Crippen molar-refractivity contribution in [3.63, 3.8) is 0 Å². The van der Waals surface area contributed by atoms with Crippen LogP contribution < -0.4 is 10.7 Å². The molecule has 7 heteroatoms. The van der Waals surface area contributed by atoms with Gasteiger partial charge < -0.3 is 10.1 Å². The summed E-state index contributed by atoms with van der Waals surface area (Å²) in [5.41, 5.74) is 4.28. The van der Waals surface area contributed by atoms with E-state index < -0.39 is 6.09 Å². The van der Waals surface area contributed by atoms with Crippen LogP contribution in [0.25, 0.3) is 0 Å². The zero-order chi connectivity index (χ0) is 15.9. The quantitative estimate of drug-likeness (QED) is 0.672. The van der Waals surface area contributed by atoms with E-state index in [-0.39, 0.29) is 5.91 Å². The number of hydrogen-bond acceptors (Lipinski definition) is 5. The van der Waals surface area contributed by atoms with Crippen molar-refractivity contribution in [1.82, 2.24) is 5.43 Å². The number of carbonyl (C=O) groups is 2.